The molecule has 1 heterocycles. The predicted octanol–water partition coefficient (Wildman–Crippen LogP) is -0.185. The molecule has 0 aromatic heterocycles. The van der Waals surface area contributed by atoms with Gasteiger partial charge in [0.1, 0.15) is 20.0 Å². The van der Waals surface area contributed by atoms with Gasteiger partial charge in [-0.2, -0.15) is 0 Å². The standard InChI is InChI=1S/C10H15NO6/c1-2-9(12)16-3-4-17-10(13)11-8-5-14-7-15-6-8/h2,8H,1,3-7H2,(H,11,13). The van der Waals surface area contributed by atoms with E-state index in [-0.39, 0.29) is 26.0 Å². The third kappa shape index (κ3) is 5.88. The molecule has 7 nitrogen and oxygen atoms in total. The average Bonchev–Trinajstić information content (AvgIpc) is 2.35. The molecular formula is C10H15NO6. The van der Waals surface area contributed by atoms with Gasteiger partial charge in [-0.05, 0) is 0 Å². The van der Waals surface area contributed by atoms with Crippen LogP contribution >= 0.6 is 0 Å². The summed E-state index contributed by atoms with van der Waals surface area (Å²) < 4.78 is 19.4. The Labute approximate surface area is 98.7 Å². The molecule has 1 aliphatic rings. The van der Waals surface area contributed by atoms with Crippen molar-refractivity contribution in [1.29, 1.82) is 0 Å². The minimum Gasteiger partial charge on any atom is -0.459 e. The SMILES string of the molecule is C=CC(=O)OCCOC(=O)NC1COCOC1. The van der Waals surface area contributed by atoms with Crippen molar-refractivity contribution >= 4 is 12.1 Å². The lowest BCUT2D eigenvalue weighted by atomic mass is 10.3. The average molecular weight is 245 g/mol. The molecule has 0 saturated carbocycles. The van der Waals surface area contributed by atoms with E-state index in [0.717, 1.165) is 6.08 Å². The van der Waals surface area contributed by atoms with Crippen LogP contribution in [0.2, 0.25) is 0 Å². The first-order valence-corrected chi connectivity index (χ1v) is 5.10. The van der Waals surface area contributed by atoms with Gasteiger partial charge in [0.15, 0.2) is 0 Å². The number of hydrogen-bond donors (Lipinski definition) is 1. The summed E-state index contributed by atoms with van der Waals surface area (Å²) >= 11 is 0. The van der Waals surface area contributed by atoms with Crippen LogP contribution in [0.1, 0.15) is 0 Å². The van der Waals surface area contributed by atoms with E-state index in [1.165, 1.54) is 0 Å². The molecule has 17 heavy (non-hydrogen) atoms. The number of amides is 1. The summed E-state index contributed by atoms with van der Waals surface area (Å²) in [6, 6.07) is -0.216. The lowest BCUT2D eigenvalue weighted by Gasteiger charge is -2.22. The lowest BCUT2D eigenvalue weighted by molar-refractivity contribution is -0.138. The van der Waals surface area contributed by atoms with E-state index >= 15 is 0 Å². The Kier molecular flexibility index (Phi) is 6.05. The van der Waals surface area contributed by atoms with Crippen molar-refractivity contribution in [1.82, 2.24) is 5.32 Å². The van der Waals surface area contributed by atoms with E-state index < -0.39 is 12.1 Å². The fourth-order valence-corrected chi connectivity index (χ4v) is 1.11. The van der Waals surface area contributed by atoms with Crippen molar-refractivity contribution in [3.05, 3.63) is 12.7 Å². The van der Waals surface area contributed by atoms with E-state index in [1.807, 2.05) is 0 Å². The third-order valence-electron chi connectivity index (χ3n) is 1.85. The second-order valence-corrected chi connectivity index (χ2v) is 3.21. The Balaban J connectivity index is 2.04. The highest BCUT2D eigenvalue weighted by molar-refractivity contribution is 5.81. The van der Waals surface area contributed by atoms with Gasteiger partial charge in [-0.25, -0.2) is 9.59 Å². The molecule has 7 heteroatoms. The second kappa shape index (κ2) is 7.64. The van der Waals surface area contributed by atoms with Crippen LogP contribution in [0.4, 0.5) is 4.79 Å². The molecule has 1 fully saturated rings. The Bertz CT molecular complexity index is 274. The van der Waals surface area contributed by atoms with Crippen LogP contribution in [-0.2, 0) is 23.7 Å². The molecule has 0 bridgehead atoms. The van der Waals surface area contributed by atoms with Gasteiger partial charge in [0.05, 0.1) is 19.3 Å². The highest BCUT2D eigenvalue weighted by Gasteiger charge is 2.17. The van der Waals surface area contributed by atoms with Gasteiger partial charge in [-0.3, -0.25) is 0 Å². The summed E-state index contributed by atoms with van der Waals surface area (Å²) in [7, 11) is 0. The molecule has 1 N–H and O–H groups in total. The first-order chi connectivity index (χ1) is 8.22. The maximum atomic E-state index is 11.2. The number of esters is 1. The Morgan fingerprint density at radius 3 is 2.59 bits per heavy atom. The molecule has 0 unspecified atom stereocenters. The molecule has 0 aromatic rings. The monoisotopic (exact) mass is 245 g/mol. The van der Waals surface area contributed by atoms with Crippen molar-refractivity contribution < 1.29 is 28.5 Å². The lowest BCUT2D eigenvalue weighted by Crippen LogP contribution is -2.44. The first-order valence-electron chi connectivity index (χ1n) is 5.10. The normalized spacial score (nSPS) is 16.0. The molecule has 1 aliphatic heterocycles. The van der Waals surface area contributed by atoms with Gasteiger partial charge < -0.3 is 24.3 Å². The van der Waals surface area contributed by atoms with E-state index in [2.05, 4.69) is 16.6 Å². The van der Waals surface area contributed by atoms with Gasteiger partial charge in [-0.1, -0.05) is 6.58 Å². The third-order valence-corrected chi connectivity index (χ3v) is 1.85. The molecule has 96 valence electrons. The van der Waals surface area contributed by atoms with E-state index in [0.29, 0.717) is 13.2 Å². The van der Waals surface area contributed by atoms with Crippen LogP contribution in [0.15, 0.2) is 12.7 Å². The molecule has 1 rings (SSSR count). The van der Waals surface area contributed by atoms with Gasteiger partial charge in [-0.15, -0.1) is 0 Å². The van der Waals surface area contributed by atoms with E-state index in [4.69, 9.17) is 14.2 Å². The maximum Gasteiger partial charge on any atom is 0.407 e. The van der Waals surface area contributed by atoms with Crippen molar-refractivity contribution in [2.24, 2.45) is 0 Å². The molecule has 1 amide bonds. The summed E-state index contributed by atoms with van der Waals surface area (Å²) in [5.74, 6) is -0.553. The Hall–Kier alpha value is -1.60. The van der Waals surface area contributed by atoms with Crippen LogP contribution in [0.3, 0.4) is 0 Å². The topological polar surface area (TPSA) is 83.1 Å². The number of carbonyl (C=O) groups is 2. The van der Waals surface area contributed by atoms with Crippen molar-refractivity contribution in [3.8, 4) is 0 Å². The largest absolute Gasteiger partial charge is 0.459 e. The zero-order valence-corrected chi connectivity index (χ0v) is 9.35. The molecule has 0 spiro atoms. The van der Waals surface area contributed by atoms with Crippen LogP contribution in [-0.4, -0.2) is 51.3 Å². The molecule has 0 radical (unpaired) electrons. The second-order valence-electron chi connectivity index (χ2n) is 3.21. The first kappa shape index (κ1) is 13.5. The summed E-state index contributed by atoms with van der Waals surface area (Å²) in [5, 5.41) is 2.55. The molecule has 0 aromatic carbocycles. The van der Waals surface area contributed by atoms with Crippen molar-refractivity contribution in [2.75, 3.05) is 33.2 Å². The number of ether oxygens (including phenoxy) is 4. The van der Waals surface area contributed by atoms with Crippen LogP contribution < -0.4 is 5.32 Å². The highest BCUT2D eigenvalue weighted by Crippen LogP contribution is 1.96. The van der Waals surface area contributed by atoms with Crippen LogP contribution in [0.5, 0.6) is 0 Å². The molecule has 0 atom stereocenters. The summed E-state index contributed by atoms with van der Waals surface area (Å²) in [6.45, 7) is 4.23. The zero-order chi connectivity index (χ0) is 12.5. The summed E-state index contributed by atoms with van der Waals surface area (Å²) in [5.41, 5.74) is 0. The fourth-order valence-electron chi connectivity index (χ4n) is 1.11. The van der Waals surface area contributed by atoms with Crippen molar-refractivity contribution in [2.45, 2.75) is 6.04 Å². The fraction of sp³-hybridized carbons (Fsp3) is 0.600. The van der Waals surface area contributed by atoms with Crippen LogP contribution in [0.25, 0.3) is 0 Å². The van der Waals surface area contributed by atoms with E-state index in [9.17, 15) is 9.59 Å². The van der Waals surface area contributed by atoms with Gasteiger partial charge >= 0.3 is 12.1 Å². The Morgan fingerprint density at radius 2 is 1.94 bits per heavy atom. The molecule has 1 saturated heterocycles. The number of rotatable bonds is 5. The minimum absolute atomic E-state index is 0.00403. The smallest absolute Gasteiger partial charge is 0.407 e. The zero-order valence-electron chi connectivity index (χ0n) is 9.35. The van der Waals surface area contributed by atoms with Gasteiger partial charge in [0.25, 0.3) is 0 Å². The Morgan fingerprint density at radius 1 is 1.29 bits per heavy atom. The molecule has 0 aliphatic carbocycles. The number of alkyl carbamates (subject to hydrolysis) is 1. The minimum atomic E-state index is -0.598. The number of nitrogens with one attached hydrogen (secondary N) is 1. The van der Waals surface area contributed by atoms with Gasteiger partial charge in [0.2, 0.25) is 0 Å². The predicted molar refractivity (Wildman–Crippen MR) is 56.2 cm³/mol. The summed E-state index contributed by atoms with van der Waals surface area (Å²) in [6.07, 6.45) is 0.440. The summed E-state index contributed by atoms with van der Waals surface area (Å²) in [4.78, 5) is 21.9. The van der Waals surface area contributed by atoms with Crippen molar-refractivity contribution in [3.63, 3.8) is 0 Å². The number of carbonyl (C=O) groups excluding carboxylic acids is 2. The number of hydrogen-bond acceptors (Lipinski definition) is 6. The van der Waals surface area contributed by atoms with E-state index in [1.54, 1.807) is 0 Å². The van der Waals surface area contributed by atoms with Crippen LogP contribution in [0, 0.1) is 0 Å². The van der Waals surface area contributed by atoms with Gasteiger partial charge in [0, 0.05) is 6.08 Å². The quantitative estimate of drug-likeness (QED) is 0.411. The maximum absolute atomic E-state index is 11.2. The highest BCUT2D eigenvalue weighted by atomic mass is 16.7. The molecular weight excluding hydrogens is 230 g/mol.